The zero-order chi connectivity index (χ0) is 20.7. The lowest BCUT2D eigenvalue weighted by atomic mass is 9.96. The minimum Gasteiger partial charge on any atom is -0.360 e. The van der Waals surface area contributed by atoms with Crippen molar-refractivity contribution < 1.29 is 14.3 Å². The van der Waals surface area contributed by atoms with Crippen molar-refractivity contribution in [2.45, 2.75) is 25.5 Å². The highest BCUT2D eigenvalue weighted by atomic mass is 16.5. The van der Waals surface area contributed by atoms with E-state index in [0.717, 1.165) is 53.6 Å². The highest BCUT2D eigenvalue weighted by Gasteiger charge is 2.33. The molecule has 2 aliphatic rings. The number of hydrogen-bond acceptors (Lipinski definition) is 4. The number of nitrogens with one attached hydrogen (secondary N) is 2. The highest BCUT2D eigenvalue weighted by Crippen LogP contribution is 2.36. The third-order valence-electron chi connectivity index (χ3n) is 5.78. The minimum absolute atomic E-state index is 0.0198. The van der Waals surface area contributed by atoms with Gasteiger partial charge < -0.3 is 14.6 Å². The molecule has 5 rings (SSSR count). The van der Waals surface area contributed by atoms with Gasteiger partial charge >= 0.3 is 0 Å². The zero-order valence-electron chi connectivity index (χ0n) is 16.8. The van der Waals surface area contributed by atoms with Crippen LogP contribution in [0.4, 0.5) is 5.69 Å². The quantitative estimate of drug-likeness (QED) is 0.654. The number of amides is 2. The molecule has 0 aliphatic carbocycles. The van der Waals surface area contributed by atoms with Gasteiger partial charge in [0.1, 0.15) is 6.23 Å². The monoisotopic (exact) mass is 401 g/mol. The summed E-state index contributed by atoms with van der Waals surface area (Å²) in [6.07, 6.45) is 5.17. The second-order valence-electron chi connectivity index (χ2n) is 7.78. The number of imide groups is 1. The molecule has 2 N–H and O–H groups in total. The number of aromatic nitrogens is 1. The first kappa shape index (κ1) is 18.6. The van der Waals surface area contributed by atoms with Crippen LogP contribution in [0.25, 0.3) is 22.0 Å². The SMILES string of the molecule is Cn1cc(C2=C(c3ccc(NC4CCCCO4)cc3)C(=O)NC2=O)c2ccccc21. The molecule has 1 saturated heterocycles. The normalized spacial score (nSPS) is 19.4. The van der Waals surface area contributed by atoms with Gasteiger partial charge in [0.05, 0.1) is 11.1 Å². The largest absolute Gasteiger partial charge is 0.360 e. The Morgan fingerprint density at radius 3 is 2.53 bits per heavy atom. The van der Waals surface area contributed by atoms with Crippen LogP contribution in [0.5, 0.6) is 0 Å². The minimum atomic E-state index is -0.362. The standard InChI is InChI=1S/C24H23N3O3/c1-27-14-18(17-6-2-3-7-19(17)27)22-21(23(28)26-24(22)29)15-9-11-16(12-10-15)25-20-8-4-5-13-30-20/h2-3,6-7,9-12,14,20,25H,4-5,8,13H2,1H3,(H,26,28,29). The number of carbonyl (C=O) groups excluding carboxylic acids is 2. The van der Waals surface area contributed by atoms with Crippen LogP contribution in [0.15, 0.2) is 54.7 Å². The van der Waals surface area contributed by atoms with Gasteiger partial charge in [-0.05, 0) is 43.0 Å². The van der Waals surface area contributed by atoms with Crippen LogP contribution in [0.1, 0.15) is 30.4 Å². The van der Waals surface area contributed by atoms with E-state index in [0.29, 0.717) is 11.1 Å². The summed E-state index contributed by atoms with van der Waals surface area (Å²) in [4.78, 5) is 25.4. The van der Waals surface area contributed by atoms with Gasteiger partial charge in [-0.15, -0.1) is 0 Å². The Labute approximate surface area is 174 Å². The number of nitrogens with zero attached hydrogens (tertiary/aromatic N) is 1. The second kappa shape index (κ2) is 7.46. The van der Waals surface area contributed by atoms with E-state index < -0.39 is 0 Å². The number of ether oxygens (including phenoxy) is 1. The predicted molar refractivity (Wildman–Crippen MR) is 117 cm³/mol. The Morgan fingerprint density at radius 2 is 1.77 bits per heavy atom. The summed E-state index contributed by atoms with van der Waals surface area (Å²) in [5.41, 5.74) is 4.27. The van der Waals surface area contributed by atoms with E-state index in [4.69, 9.17) is 4.74 Å². The van der Waals surface area contributed by atoms with Gasteiger partial charge in [-0.3, -0.25) is 14.9 Å². The lowest BCUT2D eigenvalue weighted by molar-refractivity contribution is -0.122. The maximum absolute atomic E-state index is 12.7. The summed E-state index contributed by atoms with van der Waals surface area (Å²) < 4.78 is 7.70. The van der Waals surface area contributed by atoms with Crippen LogP contribution in [0.2, 0.25) is 0 Å². The number of para-hydroxylation sites is 1. The van der Waals surface area contributed by atoms with E-state index in [1.54, 1.807) is 0 Å². The van der Waals surface area contributed by atoms with E-state index in [9.17, 15) is 9.59 Å². The van der Waals surface area contributed by atoms with Crippen molar-refractivity contribution in [1.29, 1.82) is 0 Å². The fourth-order valence-corrected chi connectivity index (χ4v) is 4.30. The van der Waals surface area contributed by atoms with E-state index in [1.807, 2.05) is 66.3 Å². The van der Waals surface area contributed by atoms with Crippen LogP contribution in [-0.2, 0) is 21.4 Å². The predicted octanol–water partition coefficient (Wildman–Crippen LogP) is 3.68. The molecule has 0 bridgehead atoms. The lowest BCUT2D eigenvalue weighted by Crippen LogP contribution is -2.27. The molecule has 6 nitrogen and oxygen atoms in total. The molecule has 0 saturated carbocycles. The molecule has 30 heavy (non-hydrogen) atoms. The van der Waals surface area contributed by atoms with E-state index in [-0.39, 0.29) is 18.0 Å². The van der Waals surface area contributed by atoms with Crippen LogP contribution >= 0.6 is 0 Å². The van der Waals surface area contributed by atoms with Gasteiger partial charge in [-0.2, -0.15) is 0 Å². The van der Waals surface area contributed by atoms with Crippen molar-refractivity contribution in [3.8, 4) is 0 Å². The third-order valence-corrected chi connectivity index (χ3v) is 5.78. The van der Waals surface area contributed by atoms with Crippen molar-refractivity contribution in [2.24, 2.45) is 7.05 Å². The number of benzene rings is 2. The molecule has 152 valence electrons. The van der Waals surface area contributed by atoms with Gasteiger partial charge in [0, 0.05) is 42.0 Å². The molecule has 2 amide bonds. The van der Waals surface area contributed by atoms with Gasteiger partial charge in [0.15, 0.2) is 0 Å². The molecule has 2 aliphatic heterocycles. The summed E-state index contributed by atoms with van der Waals surface area (Å²) in [5.74, 6) is -0.719. The fourth-order valence-electron chi connectivity index (χ4n) is 4.30. The maximum Gasteiger partial charge on any atom is 0.259 e. The van der Waals surface area contributed by atoms with Gasteiger partial charge in [-0.25, -0.2) is 0 Å². The number of anilines is 1. The first-order valence-corrected chi connectivity index (χ1v) is 10.2. The number of fused-ring (bicyclic) bond motifs is 1. The average Bonchev–Trinajstić information content (AvgIpc) is 3.25. The molecule has 0 radical (unpaired) electrons. The summed E-state index contributed by atoms with van der Waals surface area (Å²) in [6, 6.07) is 15.5. The molecule has 6 heteroatoms. The summed E-state index contributed by atoms with van der Waals surface area (Å²) in [5, 5.41) is 6.80. The van der Waals surface area contributed by atoms with Crippen LogP contribution in [0, 0.1) is 0 Å². The van der Waals surface area contributed by atoms with Gasteiger partial charge in [-0.1, -0.05) is 30.3 Å². The highest BCUT2D eigenvalue weighted by molar-refractivity contribution is 6.50. The fraction of sp³-hybridized carbons (Fsp3) is 0.250. The number of aryl methyl sites for hydroxylation is 1. The van der Waals surface area contributed by atoms with Crippen molar-refractivity contribution >= 4 is 39.6 Å². The Bertz CT molecular complexity index is 1170. The number of hydrogen-bond donors (Lipinski definition) is 2. The smallest absolute Gasteiger partial charge is 0.259 e. The molecule has 3 aromatic rings. The Balaban J connectivity index is 1.54. The molecular weight excluding hydrogens is 378 g/mol. The van der Waals surface area contributed by atoms with Crippen molar-refractivity contribution in [1.82, 2.24) is 9.88 Å². The van der Waals surface area contributed by atoms with Gasteiger partial charge in [0.2, 0.25) is 0 Å². The van der Waals surface area contributed by atoms with E-state index >= 15 is 0 Å². The molecule has 2 aromatic carbocycles. The summed E-state index contributed by atoms with van der Waals surface area (Å²) >= 11 is 0. The van der Waals surface area contributed by atoms with Crippen LogP contribution in [-0.4, -0.2) is 29.2 Å². The number of carbonyl (C=O) groups is 2. The topological polar surface area (TPSA) is 72.4 Å². The third kappa shape index (κ3) is 3.19. The van der Waals surface area contributed by atoms with Crippen molar-refractivity contribution in [2.75, 3.05) is 11.9 Å². The first-order chi connectivity index (χ1) is 14.6. The summed E-state index contributed by atoms with van der Waals surface area (Å²) in [7, 11) is 1.94. The average molecular weight is 401 g/mol. The maximum atomic E-state index is 12.7. The zero-order valence-corrected chi connectivity index (χ0v) is 16.8. The van der Waals surface area contributed by atoms with Crippen LogP contribution in [0.3, 0.4) is 0 Å². The Hall–Kier alpha value is -3.38. The molecule has 1 unspecified atom stereocenters. The molecule has 1 aromatic heterocycles. The molecule has 3 heterocycles. The van der Waals surface area contributed by atoms with Crippen molar-refractivity contribution in [3.63, 3.8) is 0 Å². The van der Waals surface area contributed by atoms with Gasteiger partial charge in [0.25, 0.3) is 11.8 Å². The Morgan fingerprint density at radius 1 is 1.00 bits per heavy atom. The van der Waals surface area contributed by atoms with E-state index in [2.05, 4.69) is 10.6 Å². The Kier molecular flexibility index (Phi) is 4.64. The molecular formula is C24H23N3O3. The summed E-state index contributed by atoms with van der Waals surface area (Å²) in [6.45, 7) is 0.777. The molecule has 1 atom stereocenters. The first-order valence-electron chi connectivity index (χ1n) is 10.2. The second-order valence-corrected chi connectivity index (χ2v) is 7.78. The lowest BCUT2D eigenvalue weighted by Gasteiger charge is -2.24. The van der Waals surface area contributed by atoms with E-state index in [1.165, 1.54) is 0 Å². The van der Waals surface area contributed by atoms with Crippen LogP contribution < -0.4 is 10.6 Å². The number of rotatable bonds is 4. The molecule has 0 spiro atoms. The van der Waals surface area contributed by atoms with Crippen molar-refractivity contribution in [3.05, 3.63) is 65.9 Å². The molecule has 1 fully saturated rings.